The molecule has 0 saturated heterocycles. The second kappa shape index (κ2) is 5.84. The number of carbonyl (C=O) groups is 1. The van der Waals surface area contributed by atoms with Crippen molar-refractivity contribution in [2.45, 2.75) is 25.9 Å². The highest BCUT2D eigenvalue weighted by atomic mass is 16.5. The van der Waals surface area contributed by atoms with Crippen molar-refractivity contribution >= 4 is 5.91 Å². The lowest BCUT2D eigenvalue weighted by Crippen LogP contribution is -2.47. The van der Waals surface area contributed by atoms with Gasteiger partial charge in [0.05, 0.1) is 43.1 Å². The van der Waals surface area contributed by atoms with Crippen LogP contribution < -0.4 is 0 Å². The van der Waals surface area contributed by atoms with Crippen LogP contribution in [0.5, 0.6) is 0 Å². The molecular weight excluding hydrogens is 282 g/mol. The molecule has 22 heavy (non-hydrogen) atoms. The predicted molar refractivity (Wildman–Crippen MR) is 79.2 cm³/mol. The molecule has 7 nitrogen and oxygen atoms in total. The molecule has 1 unspecified atom stereocenters. The highest BCUT2D eigenvalue weighted by Crippen LogP contribution is 2.23. The van der Waals surface area contributed by atoms with Crippen molar-refractivity contribution < 1.29 is 9.53 Å². The van der Waals surface area contributed by atoms with Gasteiger partial charge in [0.25, 0.3) is 5.91 Å². The third-order valence-electron chi connectivity index (χ3n) is 3.96. The summed E-state index contributed by atoms with van der Waals surface area (Å²) in [4.78, 5) is 27.2. The zero-order valence-electron chi connectivity index (χ0n) is 13.0. The Morgan fingerprint density at radius 3 is 2.86 bits per heavy atom. The molecule has 0 aliphatic carbocycles. The second-order valence-corrected chi connectivity index (χ2v) is 5.54. The van der Waals surface area contributed by atoms with Crippen molar-refractivity contribution in [3.8, 4) is 0 Å². The van der Waals surface area contributed by atoms with Gasteiger partial charge in [-0.1, -0.05) is 0 Å². The first-order chi connectivity index (χ1) is 10.6. The molecule has 3 rings (SSSR count). The minimum Gasteiger partial charge on any atom is -0.383 e. The number of nitrogens with zero attached hydrogens (tertiary/aromatic N) is 5. The standard InChI is InChI=1S/C15H19N5O2/c1-10-5-17-12(6-16-10)15(21)20-7-13-14(19(2)9-18-13)4-11(20)8-22-3/h5-6,9,11H,4,7-8H2,1-3H3. The first kappa shape index (κ1) is 14.6. The molecule has 1 amide bonds. The summed E-state index contributed by atoms with van der Waals surface area (Å²) in [5.41, 5.74) is 3.23. The van der Waals surface area contributed by atoms with E-state index in [1.165, 1.54) is 6.20 Å². The van der Waals surface area contributed by atoms with E-state index >= 15 is 0 Å². The van der Waals surface area contributed by atoms with Crippen molar-refractivity contribution in [2.75, 3.05) is 13.7 Å². The third-order valence-corrected chi connectivity index (χ3v) is 3.96. The maximum Gasteiger partial charge on any atom is 0.274 e. The van der Waals surface area contributed by atoms with E-state index in [9.17, 15) is 4.79 Å². The molecule has 0 spiro atoms. The van der Waals surface area contributed by atoms with Crippen molar-refractivity contribution in [2.24, 2.45) is 7.05 Å². The summed E-state index contributed by atoms with van der Waals surface area (Å²) in [6.07, 6.45) is 5.64. The monoisotopic (exact) mass is 301 g/mol. The van der Waals surface area contributed by atoms with Crippen LogP contribution in [0.3, 0.4) is 0 Å². The first-order valence-electron chi connectivity index (χ1n) is 7.17. The van der Waals surface area contributed by atoms with Crippen molar-refractivity contribution in [3.63, 3.8) is 0 Å². The van der Waals surface area contributed by atoms with Gasteiger partial charge in [0.1, 0.15) is 5.69 Å². The molecular formula is C15H19N5O2. The summed E-state index contributed by atoms with van der Waals surface area (Å²) in [6, 6.07) is -0.0245. The van der Waals surface area contributed by atoms with E-state index in [2.05, 4.69) is 15.0 Å². The Labute approximate surface area is 129 Å². The van der Waals surface area contributed by atoms with Crippen LogP contribution in [0, 0.1) is 6.92 Å². The summed E-state index contributed by atoms with van der Waals surface area (Å²) in [5, 5.41) is 0. The highest BCUT2D eigenvalue weighted by molar-refractivity contribution is 5.92. The number of ether oxygens (including phenoxy) is 1. The number of hydrogen-bond donors (Lipinski definition) is 0. The number of amides is 1. The Hall–Kier alpha value is -2.28. The van der Waals surface area contributed by atoms with E-state index in [0.717, 1.165) is 23.5 Å². The minimum absolute atomic E-state index is 0.0245. The summed E-state index contributed by atoms with van der Waals surface area (Å²) in [5.74, 6) is -0.133. The summed E-state index contributed by atoms with van der Waals surface area (Å²) >= 11 is 0. The van der Waals surface area contributed by atoms with Crippen LogP contribution >= 0.6 is 0 Å². The fourth-order valence-electron chi connectivity index (χ4n) is 2.75. The Kier molecular flexibility index (Phi) is 3.89. The number of carbonyl (C=O) groups excluding carboxylic acids is 1. The maximum absolute atomic E-state index is 12.7. The lowest BCUT2D eigenvalue weighted by atomic mass is 10.0. The predicted octanol–water partition coefficient (Wildman–Crippen LogP) is 0.732. The quantitative estimate of drug-likeness (QED) is 0.835. The van der Waals surface area contributed by atoms with E-state index in [0.29, 0.717) is 18.8 Å². The summed E-state index contributed by atoms with van der Waals surface area (Å²) in [7, 11) is 3.62. The molecule has 0 bridgehead atoms. The zero-order valence-corrected chi connectivity index (χ0v) is 13.0. The van der Waals surface area contributed by atoms with Crippen LogP contribution in [0.1, 0.15) is 27.6 Å². The molecule has 0 radical (unpaired) electrons. The van der Waals surface area contributed by atoms with Gasteiger partial charge in [-0.25, -0.2) is 9.97 Å². The average Bonchev–Trinajstić information content (AvgIpc) is 2.88. The van der Waals surface area contributed by atoms with Crippen molar-refractivity contribution in [1.29, 1.82) is 0 Å². The fourth-order valence-corrected chi connectivity index (χ4v) is 2.75. The molecule has 7 heteroatoms. The molecule has 1 aliphatic heterocycles. The van der Waals surface area contributed by atoms with Crippen LogP contribution in [0.25, 0.3) is 0 Å². The lowest BCUT2D eigenvalue weighted by molar-refractivity contribution is 0.0462. The Balaban J connectivity index is 1.90. The average molecular weight is 301 g/mol. The zero-order chi connectivity index (χ0) is 15.7. The maximum atomic E-state index is 12.7. The number of methoxy groups -OCH3 is 1. The van der Waals surface area contributed by atoms with Gasteiger partial charge < -0.3 is 14.2 Å². The Bertz CT molecular complexity index is 680. The van der Waals surface area contributed by atoms with Gasteiger partial charge >= 0.3 is 0 Å². The number of aromatic nitrogens is 4. The smallest absolute Gasteiger partial charge is 0.274 e. The molecule has 1 atom stereocenters. The molecule has 1 aliphatic rings. The van der Waals surface area contributed by atoms with Crippen LogP contribution in [-0.4, -0.2) is 50.1 Å². The summed E-state index contributed by atoms with van der Waals surface area (Å²) in [6.45, 7) is 2.80. The Morgan fingerprint density at radius 1 is 1.36 bits per heavy atom. The SMILES string of the molecule is COCC1Cc2c(ncn2C)CN1C(=O)c1cnc(C)cn1. The molecule has 3 heterocycles. The molecule has 0 fully saturated rings. The highest BCUT2D eigenvalue weighted by Gasteiger charge is 2.33. The molecule has 116 valence electrons. The van der Waals surface area contributed by atoms with E-state index in [1.807, 2.05) is 18.5 Å². The van der Waals surface area contributed by atoms with Crippen LogP contribution in [0.2, 0.25) is 0 Å². The van der Waals surface area contributed by atoms with Gasteiger partial charge in [-0.15, -0.1) is 0 Å². The van der Waals surface area contributed by atoms with Crippen molar-refractivity contribution in [1.82, 2.24) is 24.4 Å². The first-order valence-corrected chi connectivity index (χ1v) is 7.17. The van der Waals surface area contributed by atoms with E-state index in [-0.39, 0.29) is 11.9 Å². The van der Waals surface area contributed by atoms with Gasteiger partial charge in [-0.3, -0.25) is 9.78 Å². The number of rotatable bonds is 3. The summed E-state index contributed by atoms with van der Waals surface area (Å²) < 4.78 is 7.29. The number of aryl methyl sites for hydroxylation is 2. The van der Waals surface area contributed by atoms with Gasteiger partial charge in [0.15, 0.2) is 0 Å². The topological polar surface area (TPSA) is 73.1 Å². The van der Waals surface area contributed by atoms with Gasteiger partial charge in [0, 0.05) is 32.5 Å². The Morgan fingerprint density at radius 2 is 2.18 bits per heavy atom. The van der Waals surface area contributed by atoms with E-state index in [4.69, 9.17) is 4.74 Å². The van der Waals surface area contributed by atoms with Gasteiger partial charge in [-0.05, 0) is 6.92 Å². The number of fused-ring (bicyclic) bond motifs is 1. The minimum atomic E-state index is -0.133. The van der Waals surface area contributed by atoms with Crippen molar-refractivity contribution in [3.05, 3.63) is 41.5 Å². The third kappa shape index (κ3) is 2.59. The number of hydrogen-bond acceptors (Lipinski definition) is 5. The van der Waals surface area contributed by atoms with Crippen LogP contribution in [0.4, 0.5) is 0 Å². The number of imidazole rings is 1. The second-order valence-electron chi connectivity index (χ2n) is 5.54. The molecule has 2 aromatic rings. The normalized spacial score (nSPS) is 17.4. The molecule has 0 aromatic carbocycles. The molecule has 0 N–H and O–H groups in total. The van der Waals surface area contributed by atoms with Gasteiger partial charge in [0.2, 0.25) is 0 Å². The van der Waals surface area contributed by atoms with Crippen LogP contribution in [0.15, 0.2) is 18.7 Å². The van der Waals surface area contributed by atoms with E-state index < -0.39 is 0 Å². The van der Waals surface area contributed by atoms with Crippen LogP contribution in [-0.2, 0) is 24.8 Å². The molecule has 2 aromatic heterocycles. The fraction of sp³-hybridized carbons (Fsp3) is 0.467. The largest absolute Gasteiger partial charge is 0.383 e. The molecule has 0 saturated carbocycles. The van der Waals surface area contributed by atoms with Gasteiger partial charge in [-0.2, -0.15) is 0 Å². The lowest BCUT2D eigenvalue weighted by Gasteiger charge is -2.34. The van der Waals surface area contributed by atoms with E-state index in [1.54, 1.807) is 24.5 Å².